The molecule has 0 spiro atoms. The van der Waals surface area contributed by atoms with Crippen LogP contribution in [0.15, 0.2) is 48.5 Å². The van der Waals surface area contributed by atoms with E-state index in [4.69, 9.17) is 10.2 Å². The molecule has 25 heavy (non-hydrogen) atoms. The van der Waals surface area contributed by atoms with Crippen LogP contribution in [0, 0.1) is 0 Å². The molecule has 2 rings (SSSR count). The van der Waals surface area contributed by atoms with Crippen LogP contribution in [-0.4, -0.2) is 10.2 Å². The summed E-state index contributed by atoms with van der Waals surface area (Å²) in [5, 5.41) is 17.3. The summed E-state index contributed by atoms with van der Waals surface area (Å²) in [5.74, 6) is -0.337. The van der Waals surface area contributed by atoms with Gasteiger partial charge in [0.05, 0.1) is 11.1 Å². The van der Waals surface area contributed by atoms with Crippen molar-refractivity contribution in [3.8, 4) is 11.5 Å². The third kappa shape index (κ3) is 10.6. The number of alkyl halides is 6. The molecule has 0 amide bonds. The van der Waals surface area contributed by atoms with Gasteiger partial charge in [0, 0.05) is 0 Å². The molecule has 0 bridgehead atoms. The van der Waals surface area contributed by atoms with Crippen LogP contribution in [0.5, 0.6) is 11.5 Å². The van der Waals surface area contributed by atoms with E-state index in [1.165, 1.54) is 0 Å². The molecule has 0 aliphatic carbocycles. The molecule has 0 aromatic heterocycles. The third-order valence-electron chi connectivity index (χ3n) is 2.39. The van der Waals surface area contributed by atoms with Crippen LogP contribution in [0.1, 0.15) is 11.1 Å². The van der Waals surface area contributed by atoms with Crippen molar-refractivity contribution < 1.29 is 87.6 Å². The van der Waals surface area contributed by atoms with Gasteiger partial charge in [-0.1, -0.05) is 0 Å². The zero-order valence-electron chi connectivity index (χ0n) is 12.0. The predicted octanol–water partition coefficient (Wildman–Crippen LogP) is -1.17. The average molecular weight is 486 g/mol. The number of aromatic hydroxyl groups is 2. The normalized spacial score (nSPS) is 10.2. The van der Waals surface area contributed by atoms with E-state index in [0.29, 0.717) is 0 Å². The second-order valence-corrected chi connectivity index (χ2v) is 4.09. The van der Waals surface area contributed by atoms with Gasteiger partial charge >= 0.3 is 38.6 Å². The number of benzene rings is 2. The van der Waals surface area contributed by atoms with Gasteiger partial charge in [-0.15, -0.1) is 0 Å². The molecule has 2 N–H and O–H groups in total. The standard InChI is InChI=1S/2C7H5F3O.2ClH.Zr/c2*8-7(9,10)5-1-3-6(11)4-2-5;;;/h2*1-4,11H;2*1H;/q;;;;+2/p-2. The Kier molecular flexibility index (Phi) is 13.5. The first-order valence-electron chi connectivity index (χ1n) is 5.72. The van der Waals surface area contributed by atoms with Gasteiger partial charge in [-0.2, -0.15) is 26.3 Å². The van der Waals surface area contributed by atoms with Crippen molar-refractivity contribution in [2.75, 3.05) is 0 Å². The van der Waals surface area contributed by atoms with Gasteiger partial charge < -0.3 is 35.0 Å². The van der Waals surface area contributed by atoms with Crippen LogP contribution in [0.25, 0.3) is 0 Å². The van der Waals surface area contributed by atoms with Crippen LogP contribution in [0.4, 0.5) is 26.3 Å². The smallest absolute Gasteiger partial charge is 1.00 e. The Labute approximate surface area is 170 Å². The molecular weight excluding hydrogens is 476 g/mol. The summed E-state index contributed by atoms with van der Waals surface area (Å²) in [5.41, 5.74) is -1.51. The zero-order chi connectivity index (χ0) is 17.0. The molecule has 0 heterocycles. The molecule has 0 aliphatic rings. The molecule has 11 heteroatoms. The maximum Gasteiger partial charge on any atom is 2.00 e. The van der Waals surface area contributed by atoms with Gasteiger partial charge in [-0.05, 0) is 48.5 Å². The Morgan fingerprint density at radius 3 is 0.880 bits per heavy atom. The van der Waals surface area contributed by atoms with Crippen molar-refractivity contribution in [1.82, 2.24) is 0 Å². The number of phenols is 2. The SMILES string of the molecule is Oc1ccc(C(F)(F)F)cc1.Oc1ccc(C(F)(F)F)cc1.[Cl-].[Cl-].[Zr+2]. The minimum absolute atomic E-state index is 0. The van der Waals surface area contributed by atoms with Gasteiger partial charge in [-0.25, -0.2) is 0 Å². The summed E-state index contributed by atoms with van der Waals surface area (Å²) >= 11 is 0. The Bertz CT molecular complexity index is 545. The molecule has 2 aromatic carbocycles. The summed E-state index contributed by atoms with van der Waals surface area (Å²) in [6, 6.07) is 7.33. The first kappa shape index (κ1) is 28.9. The van der Waals surface area contributed by atoms with E-state index in [2.05, 4.69) is 0 Å². The maximum atomic E-state index is 11.8. The first-order valence-corrected chi connectivity index (χ1v) is 5.72. The second-order valence-electron chi connectivity index (χ2n) is 4.09. The van der Waals surface area contributed by atoms with E-state index in [-0.39, 0.29) is 62.5 Å². The molecule has 0 atom stereocenters. The van der Waals surface area contributed by atoms with Crippen molar-refractivity contribution >= 4 is 0 Å². The van der Waals surface area contributed by atoms with Gasteiger partial charge in [0.15, 0.2) is 0 Å². The van der Waals surface area contributed by atoms with E-state index in [9.17, 15) is 26.3 Å². The number of hydrogen-bond donors (Lipinski definition) is 2. The van der Waals surface area contributed by atoms with Gasteiger partial charge in [0.25, 0.3) is 0 Å². The van der Waals surface area contributed by atoms with Crippen LogP contribution in [-0.2, 0) is 38.6 Å². The molecule has 0 saturated heterocycles. The predicted molar refractivity (Wildman–Crippen MR) is 66.2 cm³/mol. The van der Waals surface area contributed by atoms with Gasteiger partial charge in [0.2, 0.25) is 0 Å². The molecule has 0 aliphatic heterocycles. The number of rotatable bonds is 0. The molecule has 2 nitrogen and oxygen atoms in total. The van der Waals surface area contributed by atoms with Crippen molar-refractivity contribution in [1.29, 1.82) is 0 Å². The quantitative estimate of drug-likeness (QED) is 0.461. The largest absolute Gasteiger partial charge is 2.00 e. The van der Waals surface area contributed by atoms with Crippen molar-refractivity contribution in [2.45, 2.75) is 12.4 Å². The Morgan fingerprint density at radius 2 is 0.720 bits per heavy atom. The number of hydrogen-bond acceptors (Lipinski definition) is 2. The third-order valence-corrected chi connectivity index (χ3v) is 2.39. The summed E-state index contributed by atoms with van der Waals surface area (Å²) in [7, 11) is 0. The van der Waals surface area contributed by atoms with Crippen LogP contribution < -0.4 is 24.8 Å². The fourth-order valence-corrected chi connectivity index (χ4v) is 1.30. The van der Waals surface area contributed by atoms with Crippen molar-refractivity contribution in [3.05, 3.63) is 59.7 Å². The van der Waals surface area contributed by atoms with E-state index in [1.807, 2.05) is 0 Å². The monoisotopic (exact) mass is 484 g/mol. The first-order chi connectivity index (χ1) is 10.00. The van der Waals surface area contributed by atoms with Crippen LogP contribution >= 0.6 is 0 Å². The van der Waals surface area contributed by atoms with E-state index < -0.39 is 23.5 Å². The molecule has 138 valence electrons. The topological polar surface area (TPSA) is 40.5 Å². The summed E-state index contributed by atoms with van der Waals surface area (Å²) in [4.78, 5) is 0. The van der Waals surface area contributed by atoms with Gasteiger partial charge in [0.1, 0.15) is 11.5 Å². The van der Waals surface area contributed by atoms with Crippen molar-refractivity contribution in [2.24, 2.45) is 0 Å². The molecule has 0 saturated carbocycles. The van der Waals surface area contributed by atoms with E-state index >= 15 is 0 Å². The minimum Gasteiger partial charge on any atom is -1.00 e. The van der Waals surface area contributed by atoms with E-state index in [1.54, 1.807) is 0 Å². The fourth-order valence-electron chi connectivity index (χ4n) is 1.30. The molecule has 0 unspecified atom stereocenters. The molecule has 0 fully saturated rings. The second kappa shape index (κ2) is 11.7. The molecular formula is C14H10Cl2F6O2Zr. The molecule has 0 radical (unpaired) electrons. The van der Waals surface area contributed by atoms with Gasteiger partial charge in [-0.3, -0.25) is 0 Å². The van der Waals surface area contributed by atoms with Crippen LogP contribution in [0.2, 0.25) is 0 Å². The molecule has 2 aromatic rings. The Balaban J connectivity index is -0.000000346. The van der Waals surface area contributed by atoms with Crippen molar-refractivity contribution in [3.63, 3.8) is 0 Å². The van der Waals surface area contributed by atoms with Crippen LogP contribution in [0.3, 0.4) is 0 Å². The number of halogens is 8. The minimum atomic E-state index is -4.33. The Hall–Kier alpha value is -0.917. The number of phenolic OH excluding ortho intramolecular Hbond substituents is 2. The fraction of sp³-hybridized carbons (Fsp3) is 0.143. The maximum absolute atomic E-state index is 11.8. The summed E-state index contributed by atoms with van der Waals surface area (Å²) in [6.45, 7) is 0. The Morgan fingerprint density at radius 1 is 0.520 bits per heavy atom. The summed E-state index contributed by atoms with van der Waals surface area (Å²) < 4.78 is 71.0. The average Bonchev–Trinajstić information content (AvgIpc) is 2.38. The summed E-state index contributed by atoms with van der Waals surface area (Å²) in [6.07, 6.45) is -8.65. The van der Waals surface area contributed by atoms with E-state index in [0.717, 1.165) is 48.5 Å². The zero-order valence-corrected chi connectivity index (χ0v) is 16.0.